The van der Waals surface area contributed by atoms with E-state index in [9.17, 15) is 13.2 Å². The Bertz CT molecular complexity index is 827. The maximum atomic E-state index is 12.4. The molecule has 8 heteroatoms. The average Bonchev–Trinajstić information content (AvgIpc) is 2.92. The number of aromatic nitrogens is 1. The van der Waals surface area contributed by atoms with Crippen molar-refractivity contribution in [2.75, 3.05) is 13.1 Å². The van der Waals surface area contributed by atoms with Gasteiger partial charge in [-0.3, -0.25) is 4.79 Å². The number of aryl methyl sites for hydroxylation is 1. The lowest BCUT2D eigenvalue weighted by Crippen LogP contribution is -2.59. The second kappa shape index (κ2) is 6.62. The van der Waals surface area contributed by atoms with Crippen LogP contribution in [-0.4, -0.2) is 42.5 Å². The summed E-state index contributed by atoms with van der Waals surface area (Å²) < 4.78 is 27.5. The molecule has 1 aromatic carbocycles. The summed E-state index contributed by atoms with van der Waals surface area (Å²) in [7, 11) is -3.49. The highest BCUT2D eigenvalue weighted by Gasteiger charge is 2.40. The summed E-state index contributed by atoms with van der Waals surface area (Å²) in [5.41, 5.74) is 0.577. The van der Waals surface area contributed by atoms with E-state index in [0.717, 1.165) is 9.88 Å². The molecule has 1 aromatic heterocycles. The molecule has 3 rings (SSSR count). The van der Waals surface area contributed by atoms with E-state index in [1.165, 1.54) is 11.3 Å². The van der Waals surface area contributed by atoms with Gasteiger partial charge in [-0.1, -0.05) is 18.2 Å². The minimum atomic E-state index is -3.49. The fraction of sp³-hybridized carbons (Fsp3) is 0.375. The molecule has 1 N–H and O–H groups in total. The number of nitrogens with one attached hydrogen (secondary N) is 1. The van der Waals surface area contributed by atoms with Crippen LogP contribution in [0.2, 0.25) is 0 Å². The molecule has 0 spiro atoms. The molecule has 0 radical (unpaired) electrons. The average molecular weight is 365 g/mol. The molecule has 128 valence electrons. The molecule has 1 saturated heterocycles. The molecular formula is C16H19N3O3S2. The second-order valence-corrected chi connectivity index (χ2v) is 9.15. The van der Waals surface area contributed by atoms with Gasteiger partial charge in [-0.05, 0) is 26.0 Å². The van der Waals surface area contributed by atoms with Crippen LogP contribution in [0.5, 0.6) is 0 Å². The van der Waals surface area contributed by atoms with Gasteiger partial charge in [0.1, 0.15) is 10.3 Å². The first-order valence-electron chi connectivity index (χ1n) is 7.64. The van der Waals surface area contributed by atoms with Crippen LogP contribution in [0.25, 0.3) is 0 Å². The van der Waals surface area contributed by atoms with Crippen molar-refractivity contribution in [3.05, 3.63) is 52.0 Å². The van der Waals surface area contributed by atoms with E-state index >= 15 is 0 Å². The summed E-state index contributed by atoms with van der Waals surface area (Å²) in [6.45, 7) is 4.14. The van der Waals surface area contributed by atoms with Crippen LogP contribution in [-0.2, 0) is 10.0 Å². The predicted octanol–water partition coefficient (Wildman–Crippen LogP) is 1.96. The second-order valence-electron chi connectivity index (χ2n) is 5.89. The minimum absolute atomic E-state index is 0.134. The van der Waals surface area contributed by atoms with E-state index in [0.29, 0.717) is 5.56 Å². The molecule has 0 bridgehead atoms. The molecule has 1 amide bonds. The number of likely N-dealkylation sites (tertiary alicyclic amines) is 1. The third-order valence-corrected chi connectivity index (χ3v) is 6.90. The molecule has 2 heterocycles. The van der Waals surface area contributed by atoms with Crippen LogP contribution in [0, 0.1) is 6.92 Å². The lowest BCUT2D eigenvalue weighted by Gasteiger charge is -2.39. The predicted molar refractivity (Wildman–Crippen MR) is 93.5 cm³/mol. The fourth-order valence-corrected chi connectivity index (χ4v) is 4.93. The zero-order valence-electron chi connectivity index (χ0n) is 13.5. The first kappa shape index (κ1) is 17.1. The maximum Gasteiger partial charge on any atom is 0.253 e. The lowest BCUT2D eigenvalue weighted by atomic mass is 10.1. The molecule has 2 aromatic rings. The Hall–Kier alpha value is -1.77. The molecule has 1 atom stereocenters. The van der Waals surface area contributed by atoms with Crippen LogP contribution < -0.4 is 4.72 Å². The summed E-state index contributed by atoms with van der Waals surface area (Å²) in [5, 5.41) is 0.168. The molecule has 1 fully saturated rings. The molecule has 0 aliphatic carbocycles. The molecule has 0 saturated carbocycles. The quantitative estimate of drug-likeness (QED) is 0.878. The number of carbonyl (C=O) groups excluding carboxylic acids is 1. The highest BCUT2D eigenvalue weighted by Crippen LogP contribution is 2.23. The van der Waals surface area contributed by atoms with Gasteiger partial charge in [0.25, 0.3) is 5.91 Å². The zero-order chi connectivity index (χ0) is 17.3. The number of amides is 1. The number of nitrogens with zero attached hydrogens (tertiary/aromatic N) is 2. The van der Waals surface area contributed by atoms with Gasteiger partial charge in [-0.15, -0.1) is 11.3 Å². The van der Waals surface area contributed by atoms with Crippen LogP contribution in [0.3, 0.4) is 0 Å². The summed E-state index contributed by atoms with van der Waals surface area (Å²) in [5.74, 6) is -0.134. The van der Waals surface area contributed by atoms with Crippen LogP contribution in [0.1, 0.15) is 33.2 Å². The van der Waals surface area contributed by atoms with Gasteiger partial charge in [-0.25, -0.2) is 18.1 Å². The van der Waals surface area contributed by atoms with Gasteiger partial charge in [0.15, 0.2) is 0 Å². The first-order chi connectivity index (χ1) is 11.4. The van der Waals surface area contributed by atoms with Crippen molar-refractivity contribution in [3.8, 4) is 0 Å². The Morgan fingerprint density at radius 1 is 1.33 bits per heavy atom. The molecule has 1 aliphatic heterocycles. The Morgan fingerprint density at radius 2 is 2.00 bits per heavy atom. The van der Waals surface area contributed by atoms with Crippen molar-refractivity contribution in [3.63, 3.8) is 0 Å². The van der Waals surface area contributed by atoms with Crippen LogP contribution in [0.15, 0.2) is 36.5 Å². The Balaban J connectivity index is 1.59. The van der Waals surface area contributed by atoms with Crippen molar-refractivity contribution < 1.29 is 13.2 Å². The Labute approximate surface area is 145 Å². The van der Waals surface area contributed by atoms with E-state index < -0.39 is 15.3 Å². The summed E-state index contributed by atoms with van der Waals surface area (Å²) >= 11 is 1.47. The minimum Gasteiger partial charge on any atom is -0.336 e. The maximum absolute atomic E-state index is 12.4. The van der Waals surface area contributed by atoms with Crippen molar-refractivity contribution >= 4 is 27.3 Å². The van der Waals surface area contributed by atoms with E-state index in [1.54, 1.807) is 42.3 Å². The van der Waals surface area contributed by atoms with Gasteiger partial charge < -0.3 is 4.90 Å². The summed E-state index contributed by atoms with van der Waals surface area (Å²) in [4.78, 5) is 19.1. The van der Waals surface area contributed by atoms with Gasteiger partial charge in [0.2, 0.25) is 10.0 Å². The van der Waals surface area contributed by atoms with E-state index in [2.05, 4.69) is 9.71 Å². The van der Waals surface area contributed by atoms with Gasteiger partial charge in [-0.2, -0.15) is 0 Å². The number of rotatable bonds is 5. The summed E-state index contributed by atoms with van der Waals surface area (Å²) in [6.07, 6.45) is 1.73. The number of benzene rings is 1. The van der Waals surface area contributed by atoms with Crippen LogP contribution in [0.4, 0.5) is 0 Å². The highest BCUT2D eigenvalue weighted by molar-refractivity contribution is 7.90. The Kier molecular flexibility index (Phi) is 4.71. The van der Waals surface area contributed by atoms with E-state index in [1.807, 2.05) is 13.0 Å². The Morgan fingerprint density at radius 3 is 2.58 bits per heavy atom. The number of hydrogen-bond acceptors (Lipinski definition) is 5. The van der Waals surface area contributed by atoms with Crippen molar-refractivity contribution in [2.24, 2.45) is 0 Å². The zero-order valence-corrected chi connectivity index (χ0v) is 15.1. The number of thiazole rings is 1. The third-order valence-electron chi connectivity index (χ3n) is 3.95. The fourth-order valence-electron chi connectivity index (χ4n) is 2.53. The van der Waals surface area contributed by atoms with E-state index in [-0.39, 0.29) is 25.0 Å². The molecule has 1 aliphatic rings. The van der Waals surface area contributed by atoms with E-state index in [4.69, 9.17) is 0 Å². The third kappa shape index (κ3) is 3.50. The van der Waals surface area contributed by atoms with Gasteiger partial charge >= 0.3 is 0 Å². The molecular weight excluding hydrogens is 346 g/mol. The topological polar surface area (TPSA) is 79.4 Å². The summed E-state index contributed by atoms with van der Waals surface area (Å²) in [6, 6.07) is 8.52. The number of hydrogen-bond donors (Lipinski definition) is 1. The smallest absolute Gasteiger partial charge is 0.253 e. The molecule has 6 nitrogen and oxygen atoms in total. The molecule has 0 unspecified atom stereocenters. The highest BCUT2D eigenvalue weighted by atomic mass is 32.2. The van der Waals surface area contributed by atoms with Crippen molar-refractivity contribution in [2.45, 2.75) is 25.1 Å². The normalized spacial score (nSPS) is 16.7. The largest absolute Gasteiger partial charge is 0.336 e. The molecule has 24 heavy (non-hydrogen) atoms. The SMILES string of the molecule is Cc1cnc([C@@H](C)NS(=O)(=O)C2CN(C(=O)c3ccccc3)C2)s1. The van der Waals surface area contributed by atoms with Crippen molar-refractivity contribution in [1.29, 1.82) is 0 Å². The number of carbonyl (C=O) groups is 1. The first-order valence-corrected chi connectivity index (χ1v) is 10.0. The van der Waals surface area contributed by atoms with Gasteiger partial charge in [0.05, 0.1) is 6.04 Å². The van der Waals surface area contributed by atoms with Crippen molar-refractivity contribution in [1.82, 2.24) is 14.6 Å². The lowest BCUT2D eigenvalue weighted by molar-refractivity contribution is 0.0658. The van der Waals surface area contributed by atoms with Crippen LogP contribution >= 0.6 is 11.3 Å². The standard InChI is InChI=1S/C16H19N3O3S2/c1-11-8-17-15(23-11)12(2)18-24(21,22)14-9-19(10-14)16(20)13-6-4-3-5-7-13/h3-8,12,14,18H,9-10H2,1-2H3/t12-/m1/s1. The van der Waals surface area contributed by atoms with Gasteiger partial charge in [0, 0.05) is 29.7 Å². The monoisotopic (exact) mass is 365 g/mol. The number of sulfonamides is 1.